The SMILES string of the molecule is CCc1nn(CC)c(CN[C@H](C)c2ccccc2C)c1Cl. The van der Waals surface area contributed by atoms with Gasteiger partial charge >= 0.3 is 0 Å². The molecule has 1 N–H and O–H groups in total. The summed E-state index contributed by atoms with van der Waals surface area (Å²) in [4.78, 5) is 0. The van der Waals surface area contributed by atoms with Crippen molar-refractivity contribution in [2.24, 2.45) is 0 Å². The Balaban J connectivity index is 2.13. The fraction of sp³-hybridized carbons (Fsp3) is 0.471. The van der Waals surface area contributed by atoms with Crippen LogP contribution in [0.15, 0.2) is 24.3 Å². The molecule has 1 aromatic carbocycles. The van der Waals surface area contributed by atoms with Crippen molar-refractivity contribution in [1.29, 1.82) is 0 Å². The van der Waals surface area contributed by atoms with E-state index in [9.17, 15) is 0 Å². The van der Waals surface area contributed by atoms with Crippen molar-refractivity contribution in [2.75, 3.05) is 0 Å². The maximum absolute atomic E-state index is 6.45. The molecule has 0 saturated carbocycles. The molecule has 2 rings (SSSR count). The minimum absolute atomic E-state index is 0.285. The molecule has 0 aliphatic rings. The number of hydrogen-bond donors (Lipinski definition) is 1. The lowest BCUT2D eigenvalue weighted by atomic mass is 10.0. The highest BCUT2D eigenvalue weighted by molar-refractivity contribution is 6.31. The molecule has 0 aliphatic carbocycles. The molecule has 114 valence electrons. The maximum atomic E-state index is 6.45. The number of rotatable bonds is 6. The minimum atomic E-state index is 0.285. The summed E-state index contributed by atoms with van der Waals surface area (Å²) in [6.45, 7) is 10.1. The lowest BCUT2D eigenvalue weighted by Gasteiger charge is -2.17. The largest absolute Gasteiger partial charge is 0.305 e. The highest BCUT2D eigenvalue weighted by Gasteiger charge is 2.15. The smallest absolute Gasteiger partial charge is 0.0863 e. The van der Waals surface area contributed by atoms with Crippen LogP contribution in [-0.4, -0.2) is 9.78 Å². The number of nitrogens with one attached hydrogen (secondary N) is 1. The first-order valence-electron chi connectivity index (χ1n) is 7.61. The number of hydrogen-bond acceptors (Lipinski definition) is 2. The van der Waals surface area contributed by atoms with Crippen LogP contribution in [0.3, 0.4) is 0 Å². The molecular formula is C17H24ClN3. The van der Waals surface area contributed by atoms with Crippen LogP contribution >= 0.6 is 11.6 Å². The summed E-state index contributed by atoms with van der Waals surface area (Å²) in [5.41, 5.74) is 4.70. The molecule has 4 heteroatoms. The molecule has 0 radical (unpaired) electrons. The molecule has 0 spiro atoms. The third-order valence-electron chi connectivity index (χ3n) is 3.92. The van der Waals surface area contributed by atoms with Crippen molar-refractivity contribution in [3.8, 4) is 0 Å². The highest BCUT2D eigenvalue weighted by Crippen LogP contribution is 2.23. The van der Waals surface area contributed by atoms with E-state index in [4.69, 9.17) is 11.6 Å². The monoisotopic (exact) mass is 305 g/mol. The molecule has 21 heavy (non-hydrogen) atoms. The van der Waals surface area contributed by atoms with Crippen molar-refractivity contribution in [1.82, 2.24) is 15.1 Å². The standard InChI is InChI=1S/C17H24ClN3/c1-5-15-17(18)16(21(6-2)20-15)11-19-13(4)14-10-8-7-9-12(14)3/h7-10,13,19H,5-6,11H2,1-4H3/t13-/m1/s1. The minimum Gasteiger partial charge on any atom is -0.305 e. The van der Waals surface area contributed by atoms with Gasteiger partial charge in [-0.2, -0.15) is 5.10 Å². The molecule has 0 unspecified atom stereocenters. The predicted molar refractivity (Wildman–Crippen MR) is 88.7 cm³/mol. The summed E-state index contributed by atoms with van der Waals surface area (Å²) in [6, 6.07) is 8.75. The molecule has 0 amide bonds. The quantitative estimate of drug-likeness (QED) is 0.863. The molecule has 1 atom stereocenters. The van der Waals surface area contributed by atoms with Gasteiger partial charge < -0.3 is 5.32 Å². The Morgan fingerprint density at radius 1 is 1.29 bits per heavy atom. The Morgan fingerprint density at radius 2 is 2.00 bits per heavy atom. The molecule has 2 aromatic rings. The molecule has 3 nitrogen and oxygen atoms in total. The van der Waals surface area contributed by atoms with E-state index < -0.39 is 0 Å². The van der Waals surface area contributed by atoms with Gasteiger partial charge in [-0.15, -0.1) is 0 Å². The first kappa shape index (κ1) is 16.1. The van der Waals surface area contributed by atoms with E-state index in [2.05, 4.69) is 62.4 Å². The van der Waals surface area contributed by atoms with Crippen molar-refractivity contribution >= 4 is 11.6 Å². The van der Waals surface area contributed by atoms with Crippen LogP contribution in [0.5, 0.6) is 0 Å². The maximum Gasteiger partial charge on any atom is 0.0863 e. The van der Waals surface area contributed by atoms with Crippen LogP contribution in [0.2, 0.25) is 5.02 Å². The third-order valence-corrected chi connectivity index (χ3v) is 4.36. The zero-order valence-electron chi connectivity index (χ0n) is 13.3. The van der Waals surface area contributed by atoms with Gasteiger partial charge in [0.1, 0.15) is 0 Å². The van der Waals surface area contributed by atoms with Crippen LogP contribution < -0.4 is 5.32 Å². The van der Waals surface area contributed by atoms with E-state index >= 15 is 0 Å². The third kappa shape index (κ3) is 3.47. The summed E-state index contributed by atoms with van der Waals surface area (Å²) in [5, 5.41) is 8.93. The highest BCUT2D eigenvalue weighted by atomic mass is 35.5. The molecule has 0 bridgehead atoms. The second kappa shape index (κ2) is 7.10. The average Bonchev–Trinajstić information content (AvgIpc) is 2.80. The molecule has 1 heterocycles. The lowest BCUT2D eigenvalue weighted by molar-refractivity contribution is 0.529. The van der Waals surface area contributed by atoms with E-state index in [0.29, 0.717) is 0 Å². The van der Waals surface area contributed by atoms with E-state index in [0.717, 1.165) is 35.9 Å². The first-order valence-corrected chi connectivity index (χ1v) is 7.99. The second-order valence-corrected chi connectivity index (χ2v) is 5.71. The number of halogens is 1. The van der Waals surface area contributed by atoms with E-state index in [1.165, 1.54) is 11.1 Å². The molecular weight excluding hydrogens is 282 g/mol. The van der Waals surface area contributed by atoms with Gasteiger partial charge in [-0.05, 0) is 38.3 Å². The molecule has 0 aliphatic heterocycles. The van der Waals surface area contributed by atoms with Gasteiger partial charge in [0.2, 0.25) is 0 Å². The Hall–Kier alpha value is -1.32. The van der Waals surface area contributed by atoms with Gasteiger partial charge in [0, 0.05) is 19.1 Å². The summed E-state index contributed by atoms with van der Waals surface area (Å²) >= 11 is 6.45. The van der Waals surface area contributed by atoms with Gasteiger partial charge in [0.15, 0.2) is 0 Å². The van der Waals surface area contributed by atoms with Gasteiger partial charge in [-0.25, -0.2) is 0 Å². The van der Waals surface area contributed by atoms with E-state index in [1.54, 1.807) is 0 Å². The lowest BCUT2D eigenvalue weighted by Crippen LogP contribution is -2.21. The average molecular weight is 306 g/mol. The fourth-order valence-electron chi connectivity index (χ4n) is 2.62. The van der Waals surface area contributed by atoms with E-state index in [-0.39, 0.29) is 6.04 Å². The summed E-state index contributed by atoms with van der Waals surface area (Å²) in [5.74, 6) is 0. The van der Waals surface area contributed by atoms with E-state index in [1.807, 2.05) is 4.68 Å². The van der Waals surface area contributed by atoms with Gasteiger partial charge in [0.25, 0.3) is 0 Å². The normalized spacial score (nSPS) is 12.6. The summed E-state index contributed by atoms with van der Waals surface area (Å²) in [6.07, 6.45) is 0.867. The number of aryl methyl sites for hydroxylation is 3. The zero-order chi connectivity index (χ0) is 15.4. The van der Waals surface area contributed by atoms with Gasteiger partial charge in [0.05, 0.1) is 16.4 Å². The molecule has 0 fully saturated rings. The number of nitrogens with zero attached hydrogens (tertiary/aromatic N) is 2. The Morgan fingerprint density at radius 3 is 2.62 bits per heavy atom. The van der Waals surface area contributed by atoms with Crippen molar-refractivity contribution < 1.29 is 0 Å². The van der Waals surface area contributed by atoms with Crippen LogP contribution in [0, 0.1) is 6.92 Å². The van der Waals surface area contributed by atoms with Crippen molar-refractivity contribution in [3.63, 3.8) is 0 Å². The van der Waals surface area contributed by atoms with Crippen molar-refractivity contribution in [3.05, 3.63) is 51.8 Å². The number of aromatic nitrogens is 2. The Labute approximate surface area is 132 Å². The summed E-state index contributed by atoms with van der Waals surface area (Å²) in [7, 11) is 0. The topological polar surface area (TPSA) is 29.9 Å². The first-order chi connectivity index (χ1) is 10.1. The molecule has 1 aromatic heterocycles. The van der Waals surface area contributed by atoms with Crippen molar-refractivity contribution in [2.45, 2.75) is 53.2 Å². The van der Waals surface area contributed by atoms with Crippen LogP contribution in [0.1, 0.15) is 49.3 Å². The predicted octanol–water partition coefficient (Wildman–Crippen LogP) is 4.28. The fourth-order valence-corrected chi connectivity index (χ4v) is 2.95. The zero-order valence-corrected chi connectivity index (χ0v) is 14.0. The van der Waals surface area contributed by atoms with Crippen LogP contribution in [-0.2, 0) is 19.5 Å². The molecule has 0 saturated heterocycles. The second-order valence-electron chi connectivity index (χ2n) is 5.34. The number of benzene rings is 1. The van der Waals surface area contributed by atoms with Gasteiger partial charge in [-0.1, -0.05) is 42.8 Å². The Kier molecular flexibility index (Phi) is 5.43. The van der Waals surface area contributed by atoms with Crippen LogP contribution in [0.4, 0.5) is 0 Å². The summed E-state index contributed by atoms with van der Waals surface area (Å²) < 4.78 is 2.00. The van der Waals surface area contributed by atoms with Gasteiger partial charge in [-0.3, -0.25) is 4.68 Å². The Bertz CT molecular complexity index is 604. The van der Waals surface area contributed by atoms with Crippen LogP contribution in [0.25, 0.3) is 0 Å².